The maximum Gasteiger partial charge on any atom is 0.237 e. The van der Waals surface area contributed by atoms with Crippen LogP contribution < -0.4 is 15.8 Å². The summed E-state index contributed by atoms with van der Waals surface area (Å²) in [6, 6.07) is 6.83. The van der Waals surface area contributed by atoms with Crippen LogP contribution in [0.25, 0.3) is 0 Å². The largest absolute Gasteiger partial charge is 0.490 e. The molecule has 1 rings (SSSR count). The Labute approximate surface area is 134 Å². The monoisotopic (exact) mass is 358 g/mol. The number of benzene rings is 1. The van der Waals surface area contributed by atoms with E-state index in [0.29, 0.717) is 5.75 Å². The van der Waals surface area contributed by atoms with Gasteiger partial charge in [-0.2, -0.15) is 0 Å². The number of amides is 1. The average molecular weight is 359 g/mol. The zero-order valence-electron chi connectivity index (χ0n) is 12.4. The predicted molar refractivity (Wildman–Crippen MR) is 86.1 cm³/mol. The molecule has 5 nitrogen and oxygen atoms in total. The summed E-state index contributed by atoms with van der Waals surface area (Å²) in [6.45, 7) is 4.13. The van der Waals surface area contributed by atoms with E-state index in [4.69, 9.17) is 10.5 Å². The van der Waals surface area contributed by atoms with Gasteiger partial charge >= 0.3 is 0 Å². The Morgan fingerprint density at radius 1 is 1.48 bits per heavy atom. The summed E-state index contributed by atoms with van der Waals surface area (Å²) in [5, 5.41) is 12.5. The number of aliphatic hydroxyl groups excluding tert-OH is 1. The molecule has 0 saturated heterocycles. The predicted octanol–water partition coefficient (Wildman–Crippen LogP) is 1.68. The molecule has 4 N–H and O–H groups in total. The van der Waals surface area contributed by atoms with E-state index in [2.05, 4.69) is 21.2 Å². The molecule has 1 aromatic carbocycles. The summed E-state index contributed by atoms with van der Waals surface area (Å²) in [6.07, 6.45) is 0.0487. The van der Waals surface area contributed by atoms with Crippen molar-refractivity contribution in [1.29, 1.82) is 0 Å². The Morgan fingerprint density at radius 2 is 2.14 bits per heavy atom. The quantitative estimate of drug-likeness (QED) is 0.659. The highest BCUT2D eigenvalue weighted by molar-refractivity contribution is 9.10. The fourth-order valence-corrected chi connectivity index (χ4v) is 2.05. The van der Waals surface area contributed by atoms with Crippen molar-refractivity contribution in [2.45, 2.75) is 32.4 Å². The third-order valence-electron chi connectivity index (χ3n) is 3.34. The van der Waals surface area contributed by atoms with Gasteiger partial charge in [-0.25, -0.2) is 0 Å². The molecule has 0 heterocycles. The van der Waals surface area contributed by atoms with Gasteiger partial charge in [0, 0.05) is 6.54 Å². The smallest absolute Gasteiger partial charge is 0.237 e. The second-order valence-corrected chi connectivity index (χ2v) is 5.91. The highest BCUT2D eigenvalue weighted by atomic mass is 79.9. The average Bonchev–Trinajstić information content (AvgIpc) is 2.50. The summed E-state index contributed by atoms with van der Waals surface area (Å²) in [5.74, 6) is 0.516. The first-order valence-electron chi connectivity index (χ1n) is 7.04. The van der Waals surface area contributed by atoms with Crippen LogP contribution >= 0.6 is 15.9 Å². The van der Waals surface area contributed by atoms with E-state index in [1.165, 1.54) is 0 Å². The van der Waals surface area contributed by atoms with Crippen molar-refractivity contribution in [3.63, 3.8) is 0 Å². The zero-order valence-corrected chi connectivity index (χ0v) is 14.0. The molecule has 118 valence electrons. The molecule has 0 radical (unpaired) electrons. The molecule has 3 atom stereocenters. The van der Waals surface area contributed by atoms with E-state index in [1.807, 2.05) is 32.0 Å². The van der Waals surface area contributed by atoms with Crippen molar-refractivity contribution in [3.05, 3.63) is 28.7 Å². The van der Waals surface area contributed by atoms with Crippen LogP contribution in [0, 0.1) is 5.92 Å². The van der Waals surface area contributed by atoms with Gasteiger partial charge in [0.05, 0.1) is 10.5 Å². The minimum Gasteiger partial charge on any atom is -0.490 e. The van der Waals surface area contributed by atoms with Crippen LogP contribution in [-0.4, -0.2) is 36.3 Å². The SMILES string of the molecule is CCC(C)C(N)C(=O)NCC(O)COc1ccccc1Br. The van der Waals surface area contributed by atoms with Crippen LogP contribution in [0.1, 0.15) is 20.3 Å². The van der Waals surface area contributed by atoms with Crippen LogP contribution in [0.5, 0.6) is 5.75 Å². The van der Waals surface area contributed by atoms with E-state index in [9.17, 15) is 9.90 Å². The van der Waals surface area contributed by atoms with Crippen molar-refractivity contribution < 1.29 is 14.6 Å². The number of nitrogens with two attached hydrogens (primary N) is 1. The first-order chi connectivity index (χ1) is 9.95. The molecule has 0 aliphatic carbocycles. The zero-order chi connectivity index (χ0) is 15.8. The molecule has 0 saturated carbocycles. The molecule has 0 aliphatic rings. The minimum absolute atomic E-state index is 0.0987. The van der Waals surface area contributed by atoms with E-state index >= 15 is 0 Å². The number of nitrogens with one attached hydrogen (secondary N) is 1. The number of carbonyl (C=O) groups is 1. The molecule has 0 bridgehead atoms. The van der Waals surface area contributed by atoms with Gasteiger partial charge in [0.2, 0.25) is 5.91 Å². The fraction of sp³-hybridized carbons (Fsp3) is 0.533. The van der Waals surface area contributed by atoms with Crippen LogP contribution in [-0.2, 0) is 4.79 Å². The Kier molecular flexibility index (Phi) is 7.71. The molecular weight excluding hydrogens is 336 g/mol. The van der Waals surface area contributed by atoms with Crippen molar-refractivity contribution in [2.75, 3.05) is 13.2 Å². The van der Waals surface area contributed by atoms with Gasteiger partial charge < -0.3 is 20.9 Å². The topological polar surface area (TPSA) is 84.6 Å². The highest BCUT2D eigenvalue weighted by Crippen LogP contribution is 2.23. The second kappa shape index (κ2) is 9.02. The van der Waals surface area contributed by atoms with Crippen molar-refractivity contribution in [2.24, 2.45) is 11.7 Å². The van der Waals surface area contributed by atoms with E-state index in [0.717, 1.165) is 10.9 Å². The van der Waals surface area contributed by atoms with Gasteiger partial charge in [-0.1, -0.05) is 32.4 Å². The lowest BCUT2D eigenvalue weighted by Crippen LogP contribution is -2.47. The number of rotatable bonds is 8. The lowest BCUT2D eigenvalue weighted by atomic mass is 9.99. The summed E-state index contributed by atoms with van der Waals surface area (Å²) in [4.78, 5) is 11.8. The number of halogens is 1. The van der Waals surface area contributed by atoms with Crippen LogP contribution in [0.3, 0.4) is 0 Å². The highest BCUT2D eigenvalue weighted by Gasteiger charge is 2.19. The molecule has 1 amide bonds. The van der Waals surface area contributed by atoms with E-state index < -0.39 is 12.1 Å². The second-order valence-electron chi connectivity index (χ2n) is 5.05. The summed E-state index contributed by atoms with van der Waals surface area (Å²) in [7, 11) is 0. The fourth-order valence-electron chi connectivity index (χ4n) is 1.66. The molecule has 3 unspecified atom stereocenters. The van der Waals surface area contributed by atoms with E-state index in [1.54, 1.807) is 6.07 Å². The van der Waals surface area contributed by atoms with Crippen LogP contribution in [0.4, 0.5) is 0 Å². The van der Waals surface area contributed by atoms with Crippen molar-refractivity contribution in [3.8, 4) is 5.75 Å². The number of aliphatic hydroxyl groups is 1. The maximum atomic E-state index is 11.8. The molecular formula is C15H23BrN2O3. The Bertz CT molecular complexity index is 456. The number of carbonyl (C=O) groups excluding carboxylic acids is 1. The number of hydrogen-bond donors (Lipinski definition) is 3. The van der Waals surface area contributed by atoms with Crippen molar-refractivity contribution >= 4 is 21.8 Å². The van der Waals surface area contributed by atoms with Gasteiger partial charge in [0.1, 0.15) is 18.5 Å². The Hall–Kier alpha value is -1.11. The molecule has 1 aromatic rings. The third kappa shape index (κ3) is 6.03. The first-order valence-corrected chi connectivity index (χ1v) is 7.83. The summed E-state index contributed by atoms with van der Waals surface area (Å²) in [5.41, 5.74) is 5.81. The van der Waals surface area contributed by atoms with Crippen LogP contribution in [0.2, 0.25) is 0 Å². The summed E-state index contributed by atoms with van der Waals surface area (Å²) < 4.78 is 6.30. The molecule has 21 heavy (non-hydrogen) atoms. The van der Waals surface area contributed by atoms with Crippen LogP contribution in [0.15, 0.2) is 28.7 Å². The Balaban J connectivity index is 2.33. The molecule has 0 spiro atoms. The molecule has 0 aliphatic heterocycles. The maximum absolute atomic E-state index is 11.8. The lowest BCUT2D eigenvalue weighted by molar-refractivity contribution is -0.123. The van der Waals surface area contributed by atoms with E-state index in [-0.39, 0.29) is 25.0 Å². The van der Waals surface area contributed by atoms with Gasteiger partial charge in [-0.15, -0.1) is 0 Å². The Morgan fingerprint density at radius 3 is 2.76 bits per heavy atom. The number of ether oxygens (including phenoxy) is 1. The number of para-hydroxylation sites is 1. The standard InChI is InChI=1S/C15H23BrN2O3/c1-3-10(2)14(17)15(20)18-8-11(19)9-21-13-7-5-4-6-12(13)16/h4-7,10-11,14,19H,3,8-9,17H2,1-2H3,(H,18,20). The van der Waals surface area contributed by atoms with Gasteiger partial charge in [0.15, 0.2) is 0 Å². The number of hydrogen-bond acceptors (Lipinski definition) is 4. The van der Waals surface area contributed by atoms with Crippen molar-refractivity contribution in [1.82, 2.24) is 5.32 Å². The first kappa shape index (κ1) is 17.9. The normalized spacial score (nSPS) is 15.1. The van der Waals surface area contributed by atoms with Gasteiger partial charge in [-0.05, 0) is 34.0 Å². The third-order valence-corrected chi connectivity index (χ3v) is 3.99. The molecule has 0 fully saturated rings. The molecule has 0 aromatic heterocycles. The summed E-state index contributed by atoms with van der Waals surface area (Å²) >= 11 is 3.36. The van der Waals surface area contributed by atoms with Gasteiger partial charge in [-0.3, -0.25) is 4.79 Å². The molecule has 6 heteroatoms. The minimum atomic E-state index is -0.787. The lowest BCUT2D eigenvalue weighted by Gasteiger charge is -2.19. The van der Waals surface area contributed by atoms with Gasteiger partial charge in [0.25, 0.3) is 0 Å².